The van der Waals surface area contributed by atoms with Gasteiger partial charge >= 0.3 is 0 Å². The van der Waals surface area contributed by atoms with Crippen molar-refractivity contribution in [2.75, 3.05) is 0 Å². The number of aromatic nitrogens is 5. The first kappa shape index (κ1) is 20.3. The van der Waals surface area contributed by atoms with Gasteiger partial charge in [-0.25, -0.2) is 13.9 Å². The van der Waals surface area contributed by atoms with Crippen molar-refractivity contribution in [3.63, 3.8) is 0 Å². The molecule has 0 atom stereocenters. The van der Waals surface area contributed by atoms with Crippen molar-refractivity contribution in [3.05, 3.63) is 65.4 Å². The van der Waals surface area contributed by atoms with Crippen molar-refractivity contribution in [1.29, 1.82) is 0 Å². The van der Waals surface area contributed by atoms with E-state index < -0.39 is 5.91 Å². The fraction of sp³-hybridized carbons (Fsp3) is 0.348. The summed E-state index contributed by atoms with van der Waals surface area (Å²) in [7, 11) is 0. The van der Waals surface area contributed by atoms with E-state index in [1.165, 1.54) is 6.33 Å². The second kappa shape index (κ2) is 7.51. The lowest BCUT2D eigenvalue weighted by Crippen LogP contribution is -2.25. The van der Waals surface area contributed by atoms with Gasteiger partial charge in [-0.1, -0.05) is 32.0 Å². The van der Waals surface area contributed by atoms with Crippen LogP contribution in [0.5, 0.6) is 0 Å². The second-order valence-corrected chi connectivity index (χ2v) is 9.08. The van der Waals surface area contributed by atoms with Crippen LogP contribution >= 0.6 is 0 Å². The summed E-state index contributed by atoms with van der Waals surface area (Å²) in [6.07, 6.45) is 5.06. The highest BCUT2D eigenvalue weighted by Gasteiger charge is 2.31. The number of fused-ring (bicyclic) bond motifs is 1. The normalized spacial score (nSPS) is 14.1. The first-order valence-corrected chi connectivity index (χ1v) is 10.6. The van der Waals surface area contributed by atoms with E-state index in [0.717, 1.165) is 23.9 Å². The molecule has 5 rings (SSSR count). The van der Waals surface area contributed by atoms with E-state index in [1.54, 1.807) is 16.8 Å². The van der Waals surface area contributed by atoms with Crippen LogP contribution in [-0.4, -0.2) is 30.6 Å². The number of nitrogens with one attached hydrogen (secondary N) is 1. The highest BCUT2D eigenvalue weighted by atomic mass is 19.1. The van der Waals surface area contributed by atoms with E-state index in [4.69, 9.17) is 4.52 Å². The van der Waals surface area contributed by atoms with Crippen LogP contribution in [0.4, 0.5) is 4.39 Å². The third-order valence-electron chi connectivity index (χ3n) is 5.55. The third kappa shape index (κ3) is 3.63. The molecule has 1 saturated carbocycles. The van der Waals surface area contributed by atoms with Crippen LogP contribution in [0.3, 0.4) is 0 Å². The number of benzene rings is 1. The van der Waals surface area contributed by atoms with E-state index >= 15 is 4.39 Å². The molecule has 0 spiro atoms. The molecule has 0 radical (unpaired) electrons. The molecule has 1 aliphatic carbocycles. The Kier molecular flexibility index (Phi) is 4.76. The summed E-state index contributed by atoms with van der Waals surface area (Å²) in [5.74, 6) is -0.254. The molecule has 0 bridgehead atoms. The van der Waals surface area contributed by atoms with E-state index in [1.807, 2.05) is 39.0 Å². The Morgan fingerprint density at radius 1 is 1.28 bits per heavy atom. The Bertz CT molecular complexity index is 1320. The zero-order chi connectivity index (χ0) is 22.5. The van der Waals surface area contributed by atoms with Gasteiger partial charge in [-0.3, -0.25) is 4.79 Å². The van der Waals surface area contributed by atoms with Gasteiger partial charge in [0.05, 0.1) is 5.52 Å². The number of carbonyl (C=O) groups is 1. The molecular weight excluding hydrogens is 411 g/mol. The van der Waals surface area contributed by atoms with Gasteiger partial charge in [0.25, 0.3) is 11.7 Å². The number of nitrogens with zero attached hydrogens (tertiary/aromatic N) is 5. The van der Waals surface area contributed by atoms with E-state index in [-0.39, 0.29) is 29.5 Å². The minimum Gasteiger partial charge on any atom is -0.345 e. The van der Waals surface area contributed by atoms with Crippen LogP contribution in [-0.2, 0) is 12.0 Å². The second-order valence-electron chi connectivity index (χ2n) is 9.08. The summed E-state index contributed by atoms with van der Waals surface area (Å²) in [5.41, 5.74) is 2.73. The largest absolute Gasteiger partial charge is 0.345 e. The van der Waals surface area contributed by atoms with Crippen molar-refractivity contribution < 1.29 is 13.7 Å². The maximum Gasteiger partial charge on any atom is 0.292 e. The molecule has 1 fully saturated rings. The zero-order valence-corrected chi connectivity index (χ0v) is 18.1. The molecule has 4 aromatic rings. The lowest BCUT2D eigenvalue weighted by atomic mass is 9.97. The molecule has 8 nitrogen and oxygen atoms in total. The third-order valence-corrected chi connectivity index (χ3v) is 5.55. The van der Waals surface area contributed by atoms with Crippen LogP contribution in [0.15, 0.2) is 41.3 Å². The first-order chi connectivity index (χ1) is 15.3. The lowest BCUT2D eigenvalue weighted by molar-refractivity contribution is 0.0937. The van der Waals surface area contributed by atoms with Crippen LogP contribution in [0.1, 0.15) is 67.2 Å². The molecule has 0 aliphatic heterocycles. The van der Waals surface area contributed by atoms with Gasteiger partial charge in [0.15, 0.2) is 0 Å². The van der Waals surface area contributed by atoms with Crippen molar-refractivity contribution in [2.45, 2.75) is 51.5 Å². The summed E-state index contributed by atoms with van der Waals surface area (Å²) in [6.45, 7) is 5.95. The van der Waals surface area contributed by atoms with Crippen molar-refractivity contribution in [2.24, 2.45) is 0 Å². The average Bonchev–Trinajstić information content (AvgIpc) is 3.25. The van der Waals surface area contributed by atoms with Gasteiger partial charge in [0, 0.05) is 23.7 Å². The number of amides is 1. The molecular formula is C23H23FN6O2. The Morgan fingerprint density at radius 2 is 2.09 bits per heavy atom. The molecule has 1 amide bonds. The van der Waals surface area contributed by atoms with Crippen molar-refractivity contribution >= 4 is 11.4 Å². The summed E-state index contributed by atoms with van der Waals surface area (Å²) >= 11 is 0. The van der Waals surface area contributed by atoms with Crippen molar-refractivity contribution in [3.8, 4) is 11.3 Å². The highest BCUT2D eigenvalue weighted by molar-refractivity contribution is 5.90. The smallest absolute Gasteiger partial charge is 0.292 e. The predicted octanol–water partition coefficient (Wildman–Crippen LogP) is 4.02. The molecule has 1 N–H and O–H groups in total. The lowest BCUT2D eigenvalue weighted by Gasteiger charge is -2.14. The van der Waals surface area contributed by atoms with Gasteiger partial charge < -0.3 is 9.84 Å². The Hall–Kier alpha value is -3.62. The predicted molar refractivity (Wildman–Crippen MR) is 115 cm³/mol. The molecule has 0 saturated heterocycles. The molecule has 3 aromatic heterocycles. The van der Waals surface area contributed by atoms with Crippen LogP contribution in [0.25, 0.3) is 16.8 Å². The number of carbonyl (C=O) groups excluding carboxylic acids is 1. The standard InChI is InChI=1S/C23H23FN6O2/c1-23(2,3)22-28-20(29-32-22)21(31)25-11-14-8-9-15(18(24)17(14)13-6-7-13)19-16-5-4-10-30(16)27-12-26-19/h4-5,8-10,12-13H,6-7,11H2,1-3H3,(H,25,31). The molecule has 3 heterocycles. The number of hydrogen-bond acceptors (Lipinski definition) is 6. The molecule has 164 valence electrons. The van der Waals surface area contributed by atoms with Crippen LogP contribution < -0.4 is 5.32 Å². The van der Waals surface area contributed by atoms with Gasteiger partial charge in [0.2, 0.25) is 5.89 Å². The Balaban J connectivity index is 1.43. The number of halogens is 1. The minimum atomic E-state index is -0.457. The van der Waals surface area contributed by atoms with Gasteiger partial charge in [0.1, 0.15) is 17.8 Å². The maximum atomic E-state index is 15.7. The molecule has 32 heavy (non-hydrogen) atoms. The van der Waals surface area contributed by atoms with E-state index in [9.17, 15) is 4.79 Å². The molecule has 9 heteroatoms. The average molecular weight is 434 g/mol. The fourth-order valence-corrected chi connectivity index (χ4v) is 3.73. The van der Waals surface area contributed by atoms with Gasteiger partial charge in [-0.2, -0.15) is 10.1 Å². The zero-order valence-electron chi connectivity index (χ0n) is 18.1. The minimum absolute atomic E-state index is 0.0309. The van der Waals surface area contributed by atoms with Crippen molar-refractivity contribution in [1.82, 2.24) is 30.1 Å². The SMILES string of the molecule is CC(C)(C)c1nc(C(=O)NCc2ccc(-c3ncnn4cccc34)c(F)c2C2CC2)no1. The summed E-state index contributed by atoms with van der Waals surface area (Å²) in [4.78, 5) is 21.0. The summed E-state index contributed by atoms with van der Waals surface area (Å²) < 4.78 is 22.6. The summed E-state index contributed by atoms with van der Waals surface area (Å²) in [5, 5.41) is 10.7. The van der Waals surface area contributed by atoms with Crippen LogP contribution in [0.2, 0.25) is 0 Å². The number of hydrogen-bond donors (Lipinski definition) is 1. The molecule has 0 unspecified atom stereocenters. The highest BCUT2D eigenvalue weighted by Crippen LogP contribution is 2.45. The Labute approximate surface area is 183 Å². The quantitative estimate of drug-likeness (QED) is 0.509. The van der Waals surface area contributed by atoms with Crippen LogP contribution in [0, 0.1) is 5.82 Å². The molecule has 1 aromatic carbocycles. The van der Waals surface area contributed by atoms with E-state index in [2.05, 4.69) is 25.5 Å². The fourth-order valence-electron chi connectivity index (χ4n) is 3.73. The summed E-state index contributed by atoms with van der Waals surface area (Å²) in [6, 6.07) is 7.27. The first-order valence-electron chi connectivity index (χ1n) is 10.6. The maximum absolute atomic E-state index is 15.7. The Morgan fingerprint density at radius 3 is 2.81 bits per heavy atom. The topological polar surface area (TPSA) is 98.2 Å². The van der Waals surface area contributed by atoms with E-state index in [0.29, 0.717) is 22.7 Å². The number of rotatable bonds is 5. The van der Waals surface area contributed by atoms with Gasteiger partial charge in [-0.15, -0.1) is 0 Å². The van der Waals surface area contributed by atoms with Gasteiger partial charge in [-0.05, 0) is 48.1 Å². The monoisotopic (exact) mass is 434 g/mol. The molecule has 1 aliphatic rings.